The van der Waals surface area contributed by atoms with Crippen LogP contribution in [0.1, 0.15) is 31.9 Å². The van der Waals surface area contributed by atoms with Crippen LogP contribution in [0.25, 0.3) is 0 Å². The molecule has 0 spiro atoms. The molecule has 100 valence electrons. The van der Waals surface area contributed by atoms with Crippen molar-refractivity contribution in [2.24, 2.45) is 0 Å². The van der Waals surface area contributed by atoms with Gasteiger partial charge < -0.3 is 10.6 Å². The number of hydrogen-bond acceptors (Lipinski definition) is 2. The van der Waals surface area contributed by atoms with Crippen molar-refractivity contribution in [1.29, 1.82) is 0 Å². The molecule has 0 aliphatic carbocycles. The Morgan fingerprint density at radius 3 is 2.56 bits per heavy atom. The van der Waals surface area contributed by atoms with Crippen molar-refractivity contribution in [2.45, 2.75) is 46.3 Å². The summed E-state index contributed by atoms with van der Waals surface area (Å²) < 4.78 is 12.9. The van der Waals surface area contributed by atoms with Gasteiger partial charge in [0.05, 0.1) is 6.04 Å². The summed E-state index contributed by atoms with van der Waals surface area (Å²) in [5, 5.41) is 5.97. The number of hydrogen-bond donors (Lipinski definition) is 2. The average Bonchev–Trinajstić information content (AvgIpc) is 2.26. The summed E-state index contributed by atoms with van der Waals surface area (Å²) in [5.74, 6) is -0.258. The molecule has 1 unspecified atom stereocenters. The van der Waals surface area contributed by atoms with E-state index in [1.165, 1.54) is 12.1 Å². The topological polar surface area (TPSA) is 41.1 Å². The van der Waals surface area contributed by atoms with Crippen LogP contribution in [-0.2, 0) is 11.3 Å². The summed E-state index contributed by atoms with van der Waals surface area (Å²) in [5.41, 5.74) is 1.89. The van der Waals surface area contributed by atoms with Crippen LogP contribution in [-0.4, -0.2) is 18.0 Å². The zero-order chi connectivity index (χ0) is 13.7. The summed E-state index contributed by atoms with van der Waals surface area (Å²) in [4.78, 5) is 11.7. The molecule has 0 saturated carbocycles. The number of amides is 1. The van der Waals surface area contributed by atoms with Crippen LogP contribution >= 0.6 is 0 Å². The molecule has 1 atom stereocenters. The van der Waals surface area contributed by atoms with E-state index in [2.05, 4.69) is 10.6 Å². The lowest BCUT2D eigenvalue weighted by Crippen LogP contribution is -2.44. The molecule has 0 fully saturated rings. The SMILES string of the molecule is Cc1cc(F)ccc1CNC(C)C(=O)NC(C)C. The number of halogens is 1. The lowest BCUT2D eigenvalue weighted by Gasteiger charge is -2.16. The Morgan fingerprint density at radius 1 is 1.33 bits per heavy atom. The van der Waals surface area contributed by atoms with E-state index < -0.39 is 0 Å². The summed E-state index contributed by atoms with van der Waals surface area (Å²) >= 11 is 0. The third-order valence-corrected chi connectivity index (χ3v) is 2.73. The molecule has 0 aliphatic rings. The summed E-state index contributed by atoms with van der Waals surface area (Å²) in [6.07, 6.45) is 0. The summed E-state index contributed by atoms with van der Waals surface area (Å²) in [6.45, 7) is 8.08. The second kappa shape index (κ2) is 6.50. The Morgan fingerprint density at radius 2 is 2.00 bits per heavy atom. The standard InChI is InChI=1S/C14H21FN2O/c1-9(2)17-14(18)11(4)16-8-12-5-6-13(15)7-10(12)3/h5-7,9,11,16H,8H2,1-4H3,(H,17,18). The predicted octanol–water partition coefficient (Wildman–Crippen LogP) is 2.14. The molecule has 18 heavy (non-hydrogen) atoms. The van der Waals surface area contributed by atoms with E-state index >= 15 is 0 Å². The highest BCUT2D eigenvalue weighted by Gasteiger charge is 2.13. The van der Waals surface area contributed by atoms with E-state index in [-0.39, 0.29) is 23.8 Å². The van der Waals surface area contributed by atoms with Crippen LogP contribution < -0.4 is 10.6 Å². The molecule has 0 aromatic heterocycles. The number of benzene rings is 1. The number of rotatable bonds is 5. The quantitative estimate of drug-likeness (QED) is 0.843. The van der Waals surface area contributed by atoms with Gasteiger partial charge in [-0.2, -0.15) is 0 Å². The van der Waals surface area contributed by atoms with Gasteiger partial charge >= 0.3 is 0 Å². The zero-order valence-electron chi connectivity index (χ0n) is 11.4. The molecule has 3 nitrogen and oxygen atoms in total. The fraction of sp³-hybridized carbons (Fsp3) is 0.500. The van der Waals surface area contributed by atoms with Gasteiger partial charge in [0.2, 0.25) is 5.91 Å². The third kappa shape index (κ3) is 4.45. The monoisotopic (exact) mass is 252 g/mol. The maximum absolute atomic E-state index is 12.9. The molecular weight excluding hydrogens is 231 g/mol. The highest BCUT2D eigenvalue weighted by molar-refractivity contribution is 5.81. The Hall–Kier alpha value is -1.42. The summed E-state index contributed by atoms with van der Waals surface area (Å²) in [7, 11) is 0. The van der Waals surface area contributed by atoms with Crippen LogP contribution in [0, 0.1) is 12.7 Å². The van der Waals surface area contributed by atoms with Gasteiger partial charge in [0.1, 0.15) is 5.82 Å². The molecule has 1 aromatic carbocycles. The number of carbonyl (C=O) groups is 1. The minimum Gasteiger partial charge on any atom is -0.353 e. The molecule has 4 heteroatoms. The molecule has 1 rings (SSSR count). The van der Waals surface area contributed by atoms with Gasteiger partial charge in [-0.15, -0.1) is 0 Å². The molecule has 0 bridgehead atoms. The molecule has 0 aliphatic heterocycles. The fourth-order valence-electron chi connectivity index (χ4n) is 1.62. The first kappa shape index (κ1) is 14.6. The van der Waals surface area contributed by atoms with Crippen molar-refractivity contribution in [3.8, 4) is 0 Å². The van der Waals surface area contributed by atoms with Gasteiger partial charge in [-0.1, -0.05) is 6.07 Å². The number of carbonyl (C=O) groups excluding carboxylic acids is 1. The second-order valence-electron chi connectivity index (χ2n) is 4.84. The normalized spacial score (nSPS) is 12.6. The summed E-state index contributed by atoms with van der Waals surface area (Å²) in [6, 6.07) is 4.54. The molecule has 0 heterocycles. The maximum atomic E-state index is 12.9. The third-order valence-electron chi connectivity index (χ3n) is 2.73. The number of nitrogens with one attached hydrogen (secondary N) is 2. The van der Waals surface area contributed by atoms with Crippen molar-refractivity contribution in [3.05, 3.63) is 35.1 Å². The van der Waals surface area contributed by atoms with E-state index in [0.29, 0.717) is 6.54 Å². The van der Waals surface area contributed by atoms with Crippen molar-refractivity contribution < 1.29 is 9.18 Å². The molecule has 1 aromatic rings. The first-order chi connectivity index (χ1) is 8.40. The molecule has 1 amide bonds. The van der Waals surface area contributed by atoms with Crippen LogP contribution in [0.5, 0.6) is 0 Å². The van der Waals surface area contributed by atoms with E-state index in [1.807, 2.05) is 27.7 Å². The van der Waals surface area contributed by atoms with Crippen molar-refractivity contribution >= 4 is 5.91 Å². The van der Waals surface area contributed by atoms with Crippen molar-refractivity contribution in [1.82, 2.24) is 10.6 Å². The van der Waals surface area contributed by atoms with Gasteiger partial charge in [0, 0.05) is 12.6 Å². The Kier molecular flexibility index (Phi) is 5.28. The van der Waals surface area contributed by atoms with Crippen molar-refractivity contribution in [3.63, 3.8) is 0 Å². The van der Waals surface area contributed by atoms with Gasteiger partial charge in [-0.3, -0.25) is 4.79 Å². The van der Waals surface area contributed by atoms with Crippen molar-refractivity contribution in [2.75, 3.05) is 0 Å². The molecule has 2 N–H and O–H groups in total. The zero-order valence-corrected chi connectivity index (χ0v) is 11.4. The first-order valence-electron chi connectivity index (χ1n) is 6.19. The molecule has 0 saturated heterocycles. The fourth-order valence-corrected chi connectivity index (χ4v) is 1.62. The maximum Gasteiger partial charge on any atom is 0.237 e. The van der Waals surface area contributed by atoms with Gasteiger partial charge in [-0.25, -0.2) is 4.39 Å². The largest absolute Gasteiger partial charge is 0.353 e. The van der Waals surface area contributed by atoms with E-state index in [1.54, 1.807) is 6.07 Å². The first-order valence-corrected chi connectivity index (χ1v) is 6.19. The van der Waals surface area contributed by atoms with Crippen LogP contribution in [0.2, 0.25) is 0 Å². The van der Waals surface area contributed by atoms with Gasteiger partial charge in [0.15, 0.2) is 0 Å². The minimum absolute atomic E-state index is 0.0234. The molecule has 0 radical (unpaired) electrons. The Bertz CT molecular complexity index is 418. The lowest BCUT2D eigenvalue weighted by atomic mass is 10.1. The minimum atomic E-state index is -0.267. The van der Waals surface area contributed by atoms with E-state index in [9.17, 15) is 9.18 Å². The highest BCUT2D eigenvalue weighted by Crippen LogP contribution is 2.09. The smallest absolute Gasteiger partial charge is 0.237 e. The van der Waals surface area contributed by atoms with Crippen LogP contribution in [0.4, 0.5) is 4.39 Å². The van der Waals surface area contributed by atoms with E-state index in [0.717, 1.165) is 11.1 Å². The van der Waals surface area contributed by atoms with E-state index in [4.69, 9.17) is 0 Å². The van der Waals surface area contributed by atoms with Gasteiger partial charge in [-0.05, 0) is 51.0 Å². The lowest BCUT2D eigenvalue weighted by molar-refractivity contribution is -0.123. The van der Waals surface area contributed by atoms with Crippen LogP contribution in [0.15, 0.2) is 18.2 Å². The van der Waals surface area contributed by atoms with Crippen LogP contribution in [0.3, 0.4) is 0 Å². The average molecular weight is 252 g/mol. The highest BCUT2D eigenvalue weighted by atomic mass is 19.1. The second-order valence-corrected chi connectivity index (χ2v) is 4.84. The Balaban J connectivity index is 2.52. The predicted molar refractivity (Wildman–Crippen MR) is 70.7 cm³/mol. The molecular formula is C14H21FN2O. The van der Waals surface area contributed by atoms with Gasteiger partial charge in [0.25, 0.3) is 0 Å². The number of aryl methyl sites for hydroxylation is 1. The Labute approximate surface area is 108 Å².